The minimum Gasteiger partial charge on any atom is -0.372 e. The molecule has 0 spiro atoms. The Morgan fingerprint density at radius 3 is 2.50 bits per heavy atom. The Hall–Kier alpha value is -3.77. The molecule has 0 fully saturated rings. The van der Waals surface area contributed by atoms with E-state index in [0.717, 1.165) is 22.3 Å². The SMILES string of the molecule is Cc1cccc2c(=O)n(CC(=O)NCc3ccccc3COCc3ccccc3)cnc12. The molecule has 0 bridgehead atoms. The van der Waals surface area contributed by atoms with Gasteiger partial charge in [-0.2, -0.15) is 0 Å². The second-order valence-electron chi connectivity index (χ2n) is 7.67. The number of hydrogen-bond donors (Lipinski definition) is 1. The second kappa shape index (κ2) is 10.0. The third-order valence-electron chi connectivity index (χ3n) is 5.33. The number of para-hydroxylation sites is 1. The van der Waals surface area contributed by atoms with Gasteiger partial charge in [0.05, 0.1) is 30.4 Å². The van der Waals surface area contributed by atoms with Gasteiger partial charge in [-0.15, -0.1) is 0 Å². The maximum atomic E-state index is 12.7. The summed E-state index contributed by atoms with van der Waals surface area (Å²) in [7, 11) is 0. The fourth-order valence-corrected chi connectivity index (χ4v) is 3.58. The van der Waals surface area contributed by atoms with E-state index >= 15 is 0 Å². The number of aromatic nitrogens is 2. The van der Waals surface area contributed by atoms with Crippen LogP contribution in [0.4, 0.5) is 0 Å². The third kappa shape index (κ3) is 5.10. The summed E-state index contributed by atoms with van der Waals surface area (Å²) in [4.78, 5) is 29.6. The van der Waals surface area contributed by atoms with Gasteiger partial charge in [0, 0.05) is 6.54 Å². The standard InChI is InChI=1S/C26H25N3O3/c1-19-8-7-13-23-25(19)28-18-29(26(23)31)15-24(30)27-14-21-11-5-6-12-22(21)17-32-16-20-9-3-2-4-10-20/h2-13,18H,14-17H2,1H3,(H,27,30). The third-order valence-corrected chi connectivity index (χ3v) is 5.33. The fraction of sp³-hybridized carbons (Fsp3) is 0.192. The summed E-state index contributed by atoms with van der Waals surface area (Å²) in [6, 6.07) is 23.3. The van der Waals surface area contributed by atoms with Crippen LogP contribution in [0.5, 0.6) is 0 Å². The summed E-state index contributed by atoms with van der Waals surface area (Å²) >= 11 is 0. The number of ether oxygens (including phenoxy) is 1. The van der Waals surface area contributed by atoms with Crippen molar-refractivity contribution >= 4 is 16.8 Å². The van der Waals surface area contributed by atoms with Crippen LogP contribution in [-0.2, 0) is 35.8 Å². The van der Waals surface area contributed by atoms with Crippen molar-refractivity contribution in [2.75, 3.05) is 0 Å². The summed E-state index contributed by atoms with van der Waals surface area (Å²) in [5.74, 6) is -0.249. The number of nitrogens with one attached hydrogen (secondary N) is 1. The predicted molar refractivity (Wildman–Crippen MR) is 124 cm³/mol. The van der Waals surface area contributed by atoms with Crippen molar-refractivity contribution < 1.29 is 9.53 Å². The highest BCUT2D eigenvalue weighted by Crippen LogP contribution is 2.13. The summed E-state index contributed by atoms with van der Waals surface area (Å²) in [5.41, 5.74) is 4.49. The minimum absolute atomic E-state index is 0.0810. The first-order valence-corrected chi connectivity index (χ1v) is 10.5. The largest absolute Gasteiger partial charge is 0.372 e. The van der Waals surface area contributed by atoms with Crippen molar-refractivity contribution in [3.8, 4) is 0 Å². The van der Waals surface area contributed by atoms with Crippen molar-refractivity contribution in [1.82, 2.24) is 14.9 Å². The van der Waals surface area contributed by atoms with E-state index in [2.05, 4.69) is 10.3 Å². The van der Waals surface area contributed by atoms with E-state index in [4.69, 9.17) is 4.74 Å². The molecule has 6 nitrogen and oxygen atoms in total. The molecule has 0 radical (unpaired) electrons. The Balaban J connectivity index is 1.37. The Labute approximate surface area is 186 Å². The molecule has 0 aliphatic rings. The highest BCUT2D eigenvalue weighted by Gasteiger charge is 2.10. The molecule has 0 saturated heterocycles. The molecule has 6 heteroatoms. The van der Waals surface area contributed by atoms with Gasteiger partial charge >= 0.3 is 0 Å². The number of fused-ring (bicyclic) bond motifs is 1. The molecule has 4 rings (SSSR count). The van der Waals surface area contributed by atoms with Crippen LogP contribution in [0.15, 0.2) is 83.9 Å². The van der Waals surface area contributed by atoms with Gasteiger partial charge in [0.2, 0.25) is 5.91 Å². The molecule has 1 N–H and O–H groups in total. The normalized spacial score (nSPS) is 10.9. The van der Waals surface area contributed by atoms with Crippen LogP contribution in [0.3, 0.4) is 0 Å². The van der Waals surface area contributed by atoms with Gasteiger partial charge in [-0.05, 0) is 35.2 Å². The lowest BCUT2D eigenvalue weighted by molar-refractivity contribution is -0.121. The molecule has 1 amide bonds. The topological polar surface area (TPSA) is 73.2 Å². The average molecular weight is 428 g/mol. The summed E-state index contributed by atoms with van der Waals surface area (Å²) in [6.07, 6.45) is 1.43. The van der Waals surface area contributed by atoms with E-state index in [1.807, 2.05) is 73.7 Å². The zero-order chi connectivity index (χ0) is 22.3. The van der Waals surface area contributed by atoms with E-state index in [1.54, 1.807) is 6.07 Å². The van der Waals surface area contributed by atoms with Crippen LogP contribution in [0.1, 0.15) is 22.3 Å². The molecule has 1 heterocycles. The zero-order valence-electron chi connectivity index (χ0n) is 18.0. The number of amides is 1. The lowest BCUT2D eigenvalue weighted by Gasteiger charge is -2.12. The van der Waals surface area contributed by atoms with Crippen LogP contribution < -0.4 is 10.9 Å². The number of rotatable bonds is 8. The van der Waals surface area contributed by atoms with E-state index in [0.29, 0.717) is 30.7 Å². The number of hydrogen-bond acceptors (Lipinski definition) is 4. The highest BCUT2D eigenvalue weighted by atomic mass is 16.5. The van der Waals surface area contributed by atoms with Crippen LogP contribution in [0.25, 0.3) is 10.9 Å². The molecule has 3 aromatic carbocycles. The first-order chi connectivity index (χ1) is 15.6. The molecule has 4 aromatic rings. The first-order valence-electron chi connectivity index (χ1n) is 10.5. The number of aryl methyl sites for hydroxylation is 1. The van der Waals surface area contributed by atoms with Gasteiger partial charge in [0.15, 0.2) is 0 Å². The van der Waals surface area contributed by atoms with Crippen LogP contribution >= 0.6 is 0 Å². The predicted octanol–water partition coefficient (Wildman–Crippen LogP) is 3.74. The van der Waals surface area contributed by atoms with Crippen molar-refractivity contribution in [1.29, 1.82) is 0 Å². The summed E-state index contributed by atoms with van der Waals surface area (Å²) in [6.45, 7) is 3.17. The molecule has 162 valence electrons. The molecule has 1 aromatic heterocycles. The Morgan fingerprint density at radius 1 is 0.938 bits per heavy atom. The van der Waals surface area contributed by atoms with Crippen LogP contribution in [-0.4, -0.2) is 15.5 Å². The van der Waals surface area contributed by atoms with Crippen molar-refractivity contribution in [3.63, 3.8) is 0 Å². The van der Waals surface area contributed by atoms with E-state index in [9.17, 15) is 9.59 Å². The van der Waals surface area contributed by atoms with Gasteiger partial charge in [-0.1, -0.05) is 66.7 Å². The molecular formula is C26H25N3O3. The van der Waals surface area contributed by atoms with Gasteiger partial charge in [-0.3, -0.25) is 14.2 Å². The number of nitrogens with zero attached hydrogens (tertiary/aromatic N) is 2. The Kier molecular flexibility index (Phi) is 6.72. The van der Waals surface area contributed by atoms with Crippen LogP contribution in [0, 0.1) is 6.92 Å². The minimum atomic E-state index is -0.249. The number of benzene rings is 3. The second-order valence-corrected chi connectivity index (χ2v) is 7.67. The van der Waals surface area contributed by atoms with Gasteiger partial charge in [0.25, 0.3) is 5.56 Å². The fourth-order valence-electron chi connectivity index (χ4n) is 3.58. The zero-order valence-corrected chi connectivity index (χ0v) is 18.0. The van der Waals surface area contributed by atoms with Gasteiger partial charge < -0.3 is 10.1 Å². The van der Waals surface area contributed by atoms with Gasteiger partial charge in [-0.25, -0.2) is 4.98 Å². The van der Waals surface area contributed by atoms with Crippen molar-refractivity contribution in [2.45, 2.75) is 33.2 Å². The van der Waals surface area contributed by atoms with E-state index in [-0.39, 0.29) is 18.0 Å². The molecule has 0 aliphatic heterocycles. The van der Waals surface area contributed by atoms with Gasteiger partial charge in [0.1, 0.15) is 6.54 Å². The molecule has 0 saturated carbocycles. The van der Waals surface area contributed by atoms with E-state index in [1.165, 1.54) is 10.9 Å². The van der Waals surface area contributed by atoms with Crippen molar-refractivity contribution in [3.05, 3.63) is 112 Å². The Bertz CT molecular complexity index is 1280. The Morgan fingerprint density at radius 2 is 1.69 bits per heavy atom. The molecule has 32 heavy (non-hydrogen) atoms. The number of carbonyl (C=O) groups excluding carboxylic acids is 1. The maximum absolute atomic E-state index is 12.7. The van der Waals surface area contributed by atoms with Crippen molar-refractivity contribution in [2.24, 2.45) is 0 Å². The average Bonchev–Trinajstić information content (AvgIpc) is 2.81. The number of carbonyl (C=O) groups is 1. The smallest absolute Gasteiger partial charge is 0.261 e. The van der Waals surface area contributed by atoms with E-state index < -0.39 is 0 Å². The quantitative estimate of drug-likeness (QED) is 0.465. The monoisotopic (exact) mass is 427 g/mol. The summed E-state index contributed by atoms with van der Waals surface area (Å²) < 4.78 is 7.19. The first kappa shape index (κ1) is 21.5. The molecule has 0 atom stereocenters. The highest BCUT2D eigenvalue weighted by molar-refractivity contribution is 5.81. The lowest BCUT2D eigenvalue weighted by Crippen LogP contribution is -2.32. The lowest BCUT2D eigenvalue weighted by atomic mass is 10.1. The summed E-state index contributed by atoms with van der Waals surface area (Å²) in [5, 5.41) is 3.42. The molecule has 0 aliphatic carbocycles. The maximum Gasteiger partial charge on any atom is 0.261 e. The molecule has 0 unspecified atom stereocenters. The van der Waals surface area contributed by atoms with Crippen LogP contribution in [0.2, 0.25) is 0 Å². The molecular weight excluding hydrogens is 402 g/mol.